The van der Waals surface area contributed by atoms with Crippen molar-refractivity contribution in [1.82, 2.24) is 0 Å². The number of carbonyl (C=O) groups excluding carboxylic acids is 1. The molecule has 0 aliphatic heterocycles. The van der Waals surface area contributed by atoms with E-state index < -0.39 is 17.4 Å². The predicted octanol–water partition coefficient (Wildman–Crippen LogP) is 4.27. The molecule has 0 aliphatic carbocycles. The highest BCUT2D eigenvalue weighted by molar-refractivity contribution is 9.10. The van der Waals surface area contributed by atoms with E-state index in [1.807, 2.05) is 0 Å². The predicted molar refractivity (Wildman–Crippen MR) is 68.7 cm³/mol. The van der Waals surface area contributed by atoms with Crippen molar-refractivity contribution in [3.05, 3.63) is 69.2 Å². The molecule has 0 radical (unpaired) electrons. The number of halogens is 3. The monoisotopic (exact) mass is 310 g/mol. The summed E-state index contributed by atoms with van der Waals surface area (Å²) in [6.45, 7) is 1.56. The summed E-state index contributed by atoms with van der Waals surface area (Å²) in [7, 11) is 0. The summed E-state index contributed by atoms with van der Waals surface area (Å²) in [5.74, 6) is -1.94. The Morgan fingerprint density at radius 1 is 1.00 bits per heavy atom. The van der Waals surface area contributed by atoms with E-state index in [0.29, 0.717) is 5.56 Å². The molecule has 2 aromatic carbocycles. The minimum atomic E-state index is -0.677. The maximum Gasteiger partial charge on any atom is 0.198 e. The van der Waals surface area contributed by atoms with Gasteiger partial charge in [-0.2, -0.15) is 0 Å². The lowest BCUT2D eigenvalue weighted by Gasteiger charge is -2.06. The van der Waals surface area contributed by atoms with Gasteiger partial charge < -0.3 is 0 Å². The van der Waals surface area contributed by atoms with E-state index in [2.05, 4.69) is 15.9 Å². The zero-order valence-electron chi connectivity index (χ0n) is 9.51. The smallest absolute Gasteiger partial charge is 0.198 e. The Labute approximate surface area is 112 Å². The van der Waals surface area contributed by atoms with E-state index >= 15 is 0 Å². The summed E-state index contributed by atoms with van der Waals surface area (Å²) in [4.78, 5) is 12.1. The van der Waals surface area contributed by atoms with Gasteiger partial charge in [0.15, 0.2) is 5.78 Å². The van der Waals surface area contributed by atoms with Crippen molar-refractivity contribution < 1.29 is 13.6 Å². The molecule has 0 unspecified atom stereocenters. The first-order chi connectivity index (χ1) is 8.52. The van der Waals surface area contributed by atoms with Crippen LogP contribution < -0.4 is 0 Å². The zero-order chi connectivity index (χ0) is 13.3. The van der Waals surface area contributed by atoms with Gasteiger partial charge >= 0.3 is 0 Å². The van der Waals surface area contributed by atoms with Crippen LogP contribution in [0, 0.1) is 18.6 Å². The van der Waals surface area contributed by atoms with Crippen LogP contribution in [0.25, 0.3) is 0 Å². The second-order valence-corrected chi connectivity index (χ2v) is 4.72. The van der Waals surface area contributed by atoms with Gasteiger partial charge in [-0.1, -0.05) is 18.2 Å². The van der Waals surface area contributed by atoms with Gasteiger partial charge in [-0.25, -0.2) is 8.78 Å². The van der Waals surface area contributed by atoms with E-state index in [1.165, 1.54) is 24.3 Å². The van der Waals surface area contributed by atoms with Gasteiger partial charge in [0.25, 0.3) is 0 Å². The van der Waals surface area contributed by atoms with Crippen molar-refractivity contribution in [2.45, 2.75) is 6.92 Å². The number of hydrogen-bond donors (Lipinski definition) is 0. The molecule has 0 saturated heterocycles. The highest BCUT2D eigenvalue weighted by atomic mass is 79.9. The SMILES string of the molecule is Cc1cccc(C(=O)c2cccc(Br)c2F)c1F. The van der Waals surface area contributed by atoms with Crippen molar-refractivity contribution in [2.75, 3.05) is 0 Å². The molecule has 0 atom stereocenters. The van der Waals surface area contributed by atoms with Crippen molar-refractivity contribution in [3.63, 3.8) is 0 Å². The molecule has 0 bridgehead atoms. The minimum absolute atomic E-state index is 0.119. The first-order valence-electron chi connectivity index (χ1n) is 5.26. The average molecular weight is 311 g/mol. The molecular formula is C14H9BrF2O. The lowest BCUT2D eigenvalue weighted by Crippen LogP contribution is -2.08. The molecule has 2 aromatic rings. The van der Waals surface area contributed by atoms with Crippen LogP contribution in [0.3, 0.4) is 0 Å². The van der Waals surface area contributed by atoms with E-state index in [9.17, 15) is 13.6 Å². The molecule has 0 aliphatic rings. The summed E-state index contributed by atoms with van der Waals surface area (Å²) < 4.78 is 27.8. The van der Waals surface area contributed by atoms with Gasteiger partial charge in [-0.3, -0.25) is 4.79 Å². The summed E-state index contributed by atoms with van der Waals surface area (Å²) in [6, 6.07) is 8.84. The third-order valence-electron chi connectivity index (χ3n) is 2.63. The lowest BCUT2D eigenvalue weighted by molar-refractivity contribution is 0.103. The van der Waals surface area contributed by atoms with E-state index in [0.717, 1.165) is 0 Å². The normalized spacial score (nSPS) is 10.4. The molecule has 0 saturated carbocycles. The Bertz CT molecular complexity index is 570. The lowest BCUT2D eigenvalue weighted by atomic mass is 10.0. The molecule has 0 spiro atoms. The van der Waals surface area contributed by atoms with Crippen molar-refractivity contribution in [1.29, 1.82) is 0 Å². The van der Waals surface area contributed by atoms with Crippen LogP contribution in [0.2, 0.25) is 0 Å². The Balaban J connectivity index is 2.55. The van der Waals surface area contributed by atoms with Crippen LogP contribution in [-0.4, -0.2) is 5.78 Å². The Hall–Kier alpha value is -1.55. The maximum absolute atomic E-state index is 13.8. The van der Waals surface area contributed by atoms with Gasteiger partial charge in [-0.05, 0) is 46.6 Å². The fourth-order valence-corrected chi connectivity index (χ4v) is 2.01. The topological polar surface area (TPSA) is 17.1 Å². The summed E-state index contributed by atoms with van der Waals surface area (Å²) in [5, 5.41) is 0. The van der Waals surface area contributed by atoms with Crippen molar-refractivity contribution in [2.24, 2.45) is 0 Å². The van der Waals surface area contributed by atoms with Crippen LogP contribution in [-0.2, 0) is 0 Å². The number of ketones is 1. The van der Waals surface area contributed by atoms with Crippen LogP contribution >= 0.6 is 15.9 Å². The minimum Gasteiger partial charge on any atom is -0.288 e. The number of aryl methyl sites for hydroxylation is 1. The average Bonchev–Trinajstić information content (AvgIpc) is 2.35. The molecule has 0 aromatic heterocycles. The number of rotatable bonds is 2. The molecule has 1 nitrogen and oxygen atoms in total. The molecule has 18 heavy (non-hydrogen) atoms. The zero-order valence-corrected chi connectivity index (χ0v) is 11.1. The highest BCUT2D eigenvalue weighted by Gasteiger charge is 2.19. The van der Waals surface area contributed by atoms with Gasteiger partial charge in [0.2, 0.25) is 0 Å². The summed E-state index contributed by atoms with van der Waals surface area (Å²) in [5.41, 5.74) is 0.0946. The third kappa shape index (κ3) is 2.20. The van der Waals surface area contributed by atoms with Gasteiger partial charge in [0.1, 0.15) is 11.6 Å². The van der Waals surface area contributed by atoms with E-state index in [1.54, 1.807) is 19.1 Å². The van der Waals surface area contributed by atoms with Crippen LogP contribution in [0.15, 0.2) is 40.9 Å². The second kappa shape index (κ2) is 4.98. The van der Waals surface area contributed by atoms with Crippen LogP contribution in [0.4, 0.5) is 8.78 Å². The fourth-order valence-electron chi connectivity index (χ4n) is 1.65. The molecule has 0 N–H and O–H groups in total. The molecule has 2 rings (SSSR count). The quantitative estimate of drug-likeness (QED) is 0.757. The fraction of sp³-hybridized carbons (Fsp3) is 0.0714. The Morgan fingerprint density at radius 3 is 2.22 bits per heavy atom. The summed E-state index contributed by atoms with van der Waals surface area (Å²) in [6.07, 6.45) is 0. The van der Waals surface area contributed by atoms with Crippen molar-refractivity contribution >= 4 is 21.7 Å². The van der Waals surface area contributed by atoms with Crippen LogP contribution in [0.1, 0.15) is 21.5 Å². The van der Waals surface area contributed by atoms with E-state index in [4.69, 9.17) is 0 Å². The molecule has 0 amide bonds. The van der Waals surface area contributed by atoms with Gasteiger partial charge in [0.05, 0.1) is 15.6 Å². The molecule has 92 valence electrons. The molecular weight excluding hydrogens is 302 g/mol. The van der Waals surface area contributed by atoms with Gasteiger partial charge in [-0.15, -0.1) is 0 Å². The standard InChI is InChI=1S/C14H9BrF2O/c1-8-4-2-5-9(12(8)16)14(18)10-6-3-7-11(15)13(10)17/h2-7H,1H3. The number of carbonyl (C=O) groups is 1. The number of benzene rings is 2. The number of hydrogen-bond acceptors (Lipinski definition) is 1. The molecule has 4 heteroatoms. The Morgan fingerprint density at radius 2 is 1.56 bits per heavy atom. The highest BCUT2D eigenvalue weighted by Crippen LogP contribution is 2.23. The van der Waals surface area contributed by atoms with Crippen molar-refractivity contribution in [3.8, 4) is 0 Å². The maximum atomic E-state index is 13.8. The largest absolute Gasteiger partial charge is 0.288 e. The first-order valence-corrected chi connectivity index (χ1v) is 6.05. The third-order valence-corrected chi connectivity index (χ3v) is 3.25. The van der Waals surface area contributed by atoms with Gasteiger partial charge in [0, 0.05) is 0 Å². The summed E-state index contributed by atoms with van der Waals surface area (Å²) >= 11 is 3.00. The molecule has 0 fully saturated rings. The van der Waals surface area contributed by atoms with E-state index in [-0.39, 0.29) is 15.6 Å². The van der Waals surface area contributed by atoms with Crippen LogP contribution in [0.5, 0.6) is 0 Å². The Kier molecular flexibility index (Phi) is 3.57. The second-order valence-electron chi connectivity index (χ2n) is 3.87. The first kappa shape index (κ1) is 12.9. The molecule has 0 heterocycles.